The summed E-state index contributed by atoms with van der Waals surface area (Å²) in [6.45, 7) is 4.13. The Bertz CT molecular complexity index is 800. The zero-order valence-electron chi connectivity index (χ0n) is 16.1. The van der Waals surface area contributed by atoms with E-state index in [-0.39, 0.29) is 11.5 Å². The Morgan fingerprint density at radius 2 is 1.89 bits per heavy atom. The van der Waals surface area contributed by atoms with Crippen LogP contribution in [-0.4, -0.2) is 54.2 Å². The molecule has 27 heavy (non-hydrogen) atoms. The van der Waals surface area contributed by atoms with Gasteiger partial charge in [-0.3, -0.25) is 4.79 Å². The third kappa shape index (κ3) is 3.69. The van der Waals surface area contributed by atoms with Crippen LogP contribution in [0.5, 0.6) is 0 Å². The second-order valence-electron chi connectivity index (χ2n) is 7.75. The quantitative estimate of drug-likeness (QED) is 0.837. The van der Waals surface area contributed by atoms with Gasteiger partial charge in [-0.05, 0) is 50.5 Å². The molecule has 0 bridgehead atoms. The number of hydrogen-bond donors (Lipinski definition) is 0. The van der Waals surface area contributed by atoms with Crippen LogP contribution in [0.3, 0.4) is 0 Å². The molecule has 2 saturated heterocycles. The molecule has 0 radical (unpaired) electrons. The molecule has 0 aliphatic carbocycles. The minimum Gasteiger partial charge on any atom is -0.373 e. The Labute approximate surface area is 161 Å². The number of carbonyl (C=O) groups excluding carboxylic acids is 1. The van der Waals surface area contributed by atoms with E-state index in [0.717, 1.165) is 44.7 Å². The molecule has 2 aliphatic heterocycles. The van der Waals surface area contributed by atoms with Gasteiger partial charge >= 0.3 is 0 Å². The fraction of sp³-hybridized carbons (Fsp3) is 0.455. The number of aryl methyl sites for hydroxylation is 1. The summed E-state index contributed by atoms with van der Waals surface area (Å²) in [7, 11) is 2.14. The summed E-state index contributed by atoms with van der Waals surface area (Å²) < 4.78 is 6.29. The van der Waals surface area contributed by atoms with Gasteiger partial charge in [-0.2, -0.15) is 0 Å². The van der Waals surface area contributed by atoms with Crippen molar-refractivity contribution < 1.29 is 9.53 Å². The van der Waals surface area contributed by atoms with E-state index in [9.17, 15) is 4.79 Å². The number of pyridine rings is 1. The number of likely N-dealkylation sites (tertiary alicyclic amines) is 1. The van der Waals surface area contributed by atoms with E-state index in [2.05, 4.69) is 41.2 Å². The first-order valence-electron chi connectivity index (χ1n) is 9.71. The molecule has 5 heteroatoms. The maximum atomic E-state index is 12.7. The van der Waals surface area contributed by atoms with Crippen LogP contribution in [0.25, 0.3) is 0 Å². The van der Waals surface area contributed by atoms with Crippen molar-refractivity contribution in [3.8, 4) is 0 Å². The molecule has 1 amide bonds. The number of para-hydroxylation sites is 1. The van der Waals surface area contributed by atoms with E-state index in [4.69, 9.17) is 4.74 Å². The molecule has 2 fully saturated rings. The van der Waals surface area contributed by atoms with Crippen LogP contribution in [-0.2, 0) is 4.74 Å². The van der Waals surface area contributed by atoms with E-state index < -0.39 is 0 Å². The summed E-state index contributed by atoms with van der Waals surface area (Å²) in [5.74, 6) is 0.0319. The molecule has 5 nitrogen and oxygen atoms in total. The lowest BCUT2D eigenvalue weighted by atomic mass is 9.87. The Hall–Kier alpha value is -2.40. The minimum absolute atomic E-state index is 0.0319. The van der Waals surface area contributed by atoms with Crippen molar-refractivity contribution in [1.82, 2.24) is 9.88 Å². The smallest absolute Gasteiger partial charge is 0.272 e. The van der Waals surface area contributed by atoms with E-state index >= 15 is 0 Å². The number of hydrogen-bond acceptors (Lipinski definition) is 4. The van der Waals surface area contributed by atoms with Crippen molar-refractivity contribution in [3.63, 3.8) is 0 Å². The van der Waals surface area contributed by atoms with Crippen LogP contribution in [0.15, 0.2) is 48.5 Å². The Kier molecular flexibility index (Phi) is 4.87. The highest BCUT2D eigenvalue weighted by atomic mass is 16.5. The van der Waals surface area contributed by atoms with Gasteiger partial charge in [0, 0.05) is 31.5 Å². The van der Waals surface area contributed by atoms with E-state index in [1.54, 1.807) is 6.07 Å². The number of likely N-dealkylation sites (N-methyl/N-ethyl adjacent to an activating group) is 1. The average Bonchev–Trinajstić information content (AvgIpc) is 3.12. The summed E-state index contributed by atoms with van der Waals surface area (Å²) in [6.07, 6.45) is 2.80. The molecular formula is C22H27N3O2. The second kappa shape index (κ2) is 7.31. The molecule has 0 unspecified atom stereocenters. The highest BCUT2D eigenvalue weighted by molar-refractivity contribution is 5.92. The van der Waals surface area contributed by atoms with E-state index in [0.29, 0.717) is 11.7 Å². The molecule has 2 aliphatic rings. The van der Waals surface area contributed by atoms with Gasteiger partial charge < -0.3 is 14.5 Å². The number of anilines is 1. The maximum absolute atomic E-state index is 12.7. The molecule has 4 rings (SSSR count). The summed E-state index contributed by atoms with van der Waals surface area (Å²) in [5.41, 5.74) is 2.55. The first-order valence-corrected chi connectivity index (χ1v) is 9.71. The number of benzene rings is 1. The summed E-state index contributed by atoms with van der Waals surface area (Å²) in [4.78, 5) is 21.3. The van der Waals surface area contributed by atoms with Gasteiger partial charge in [0.1, 0.15) is 5.69 Å². The molecular weight excluding hydrogens is 338 g/mol. The first-order chi connectivity index (χ1) is 13.1. The van der Waals surface area contributed by atoms with Crippen molar-refractivity contribution in [2.45, 2.75) is 37.8 Å². The lowest BCUT2D eigenvalue weighted by Gasteiger charge is -2.39. The van der Waals surface area contributed by atoms with Gasteiger partial charge in [-0.15, -0.1) is 0 Å². The molecule has 0 saturated carbocycles. The van der Waals surface area contributed by atoms with Crippen molar-refractivity contribution >= 4 is 11.6 Å². The largest absolute Gasteiger partial charge is 0.373 e. The number of piperidine rings is 1. The predicted molar refractivity (Wildman–Crippen MR) is 106 cm³/mol. The Balaban J connectivity index is 1.37. The van der Waals surface area contributed by atoms with Crippen molar-refractivity contribution in [2.75, 3.05) is 31.6 Å². The van der Waals surface area contributed by atoms with Crippen LogP contribution >= 0.6 is 0 Å². The Morgan fingerprint density at radius 1 is 1.15 bits per heavy atom. The highest BCUT2D eigenvalue weighted by Gasteiger charge is 2.44. The van der Waals surface area contributed by atoms with Crippen LogP contribution < -0.4 is 4.90 Å². The van der Waals surface area contributed by atoms with Crippen LogP contribution in [0.1, 0.15) is 35.4 Å². The van der Waals surface area contributed by atoms with Gasteiger partial charge in [-0.25, -0.2) is 4.98 Å². The van der Waals surface area contributed by atoms with Gasteiger partial charge in [-0.1, -0.05) is 24.3 Å². The number of carbonyl (C=O) groups is 1. The molecule has 2 aromatic rings. The fourth-order valence-electron chi connectivity index (χ4n) is 4.23. The second-order valence-corrected chi connectivity index (χ2v) is 7.75. The van der Waals surface area contributed by atoms with Crippen LogP contribution in [0, 0.1) is 6.92 Å². The van der Waals surface area contributed by atoms with Crippen molar-refractivity contribution in [2.24, 2.45) is 0 Å². The lowest BCUT2D eigenvalue weighted by molar-refractivity contribution is -0.0389. The molecule has 3 heterocycles. The van der Waals surface area contributed by atoms with Gasteiger partial charge in [0.15, 0.2) is 0 Å². The number of rotatable bonds is 3. The van der Waals surface area contributed by atoms with Crippen molar-refractivity contribution in [1.29, 1.82) is 0 Å². The number of amides is 1. The van der Waals surface area contributed by atoms with Crippen LogP contribution in [0.4, 0.5) is 5.69 Å². The van der Waals surface area contributed by atoms with Gasteiger partial charge in [0.05, 0.1) is 18.2 Å². The number of ether oxygens (including phenoxy) is 1. The molecule has 1 spiro atoms. The lowest BCUT2D eigenvalue weighted by Crippen LogP contribution is -2.47. The Morgan fingerprint density at radius 3 is 2.59 bits per heavy atom. The third-order valence-electron chi connectivity index (χ3n) is 5.97. The summed E-state index contributed by atoms with van der Waals surface area (Å²) in [6, 6.07) is 16.5. The SMILES string of the molecule is Cc1cccc(C(=O)N2CCC3(CC2)C[C@H](N(C)c2ccccc2)CO3)n1. The van der Waals surface area contributed by atoms with Crippen LogP contribution in [0.2, 0.25) is 0 Å². The van der Waals surface area contributed by atoms with Gasteiger partial charge in [0.2, 0.25) is 0 Å². The predicted octanol–water partition coefficient (Wildman–Crippen LogP) is 3.29. The standard InChI is InChI=1S/C22H27N3O2/c1-17-7-6-10-20(23-17)21(26)25-13-11-22(12-14-25)15-19(16-27-22)24(2)18-8-4-3-5-9-18/h3-10,19H,11-16H2,1-2H3/t19-/m0/s1. The molecule has 0 N–H and O–H groups in total. The summed E-state index contributed by atoms with van der Waals surface area (Å²) in [5, 5.41) is 0. The molecule has 142 valence electrons. The zero-order valence-corrected chi connectivity index (χ0v) is 16.1. The monoisotopic (exact) mass is 365 g/mol. The highest BCUT2D eigenvalue weighted by Crippen LogP contribution is 2.38. The number of nitrogens with zero attached hydrogens (tertiary/aromatic N) is 3. The average molecular weight is 365 g/mol. The molecule has 1 aromatic heterocycles. The van der Waals surface area contributed by atoms with Gasteiger partial charge in [0.25, 0.3) is 5.91 Å². The topological polar surface area (TPSA) is 45.7 Å². The van der Waals surface area contributed by atoms with Crippen molar-refractivity contribution in [3.05, 3.63) is 59.9 Å². The first kappa shape index (κ1) is 18.0. The molecule has 1 aromatic carbocycles. The number of aromatic nitrogens is 1. The zero-order chi connectivity index (χ0) is 18.9. The van der Waals surface area contributed by atoms with E-state index in [1.165, 1.54) is 5.69 Å². The normalized spacial score (nSPS) is 21.4. The fourth-order valence-corrected chi connectivity index (χ4v) is 4.23. The van der Waals surface area contributed by atoms with E-state index in [1.807, 2.05) is 30.0 Å². The minimum atomic E-state index is -0.0927. The molecule has 1 atom stereocenters. The maximum Gasteiger partial charge on any atom is 0.272 e. The third-order valence-corrected chi connectivity index (χ3v) is 5.97. The summed E-state index contributed by atoms with van der Waals surface area (Å²) >= 11 is 0.